The summed E-state index contributed by atoms with van der Waals surface area (Å²) < 4.78 is 42.6. The first-order valence-electron chi connectivity index (χ1n) is 6.02. The van der Waals surface area contributed by atoms with E-state index in [4.69, 9.17) is 4.74 Å². The lowest BCUT2D eigenvalue weighted by atomic mass is 10.1. The van der Waals surface area contributed by atoms with Gasteiger partial charge in [0.1, 0.15) is 5.56 Å². The van der Waals surface area contributed by atoms with E-state index >= 15 is 0 Å². The molecule has 0 radical (unpaired) electrons. The number of hydrogen-bond donors (Lipinski definition) is 1. The molecule has 2 aromatic rings. The summed E-state index contributed by atoms with van der Waals surface area (Å²) in [6, 6.07) is 0.783. The van der Waals surface area contributed by atoms with Crippen LogP contribution < -0.4 is 5.56 Å². The Morgan fingerprint density at radius 2 is 2.10 bits per heavy atom. The molecule has 0 aliphatic rings. The molecule has 21 heavy (non-hydrogen) atoms. The van der Waals surface area contributed by atoms with Gasteiger partial charge in [0.15, 0.2) is 0 Å². The minimum absolute atomic E-state index is 0.0796. The van der Waals surface area contributed by atoms with Crippen molar-refractivity contribution in [3.63, 3.8) is 0 Å². The molecule has 0 aliphatic heterocycles. The highest BCUT2D eigenvalue weighted by Gasteiger charge is 2.31. The van der Waals surface area contributed by atoms with E-state index < -0.39 is 23.3 Å². The number of aromatic amines is 1. The largest absolute Gasteiger partial charge is 0.462 e. The number of halogens is 3. The van der Waals surface area contributed by atoms with Crippen molar-refractivity contribution in [3.05, 3.63) is 39.3 Å². The summed E-state index contributed by atoms with van der Waals surface area (Å²) in [6.45, 7) is 3.09. The smallest absolute Gasteiger partial charge is 0.417 e. The molecule has 0 aromatic carbocycles. The Hall–Kier alpha value is -2.38. The predicted molar refractivity (Wildman–Crippen MR) is 68.1 cm³/mol. The van der Waals surface area contributed by atoms with Gasteiger partial charge in [0.25, 0.3) is 5.56 Å². The number of aryl methyl sites for hydroxylation is 1. The molecule has 1 N–H and O–H groups in total. The molecule has 2 rings (SSSR count). The number of alkyl halides is 3. The quantitative estimate of drug-likeness (QED) is 0.865. The average Bonchev–Trinajstić information content (AvgIpc) is 2.37. The van der Waals surface area contributed by atoms with Crippen LogP contribution in [0.1, 0.15) is 28.4 Å². The molecule has 2 heterocycles. The van der Waals surface area contributed by atoms with E-state index in [-0.39, 0.29) is 28.8 Å². The van der Waals surface area contributed by atoms with Gasteiger partial charge in [-0.1, -0.05) is 0 Å². The third-order valence-electron chi connectivity index (χ3n) is 2.90. The molecule has 5 nitrogen and oxygen atoms in total. The Morgan fingerprint density at radius 3 is 2.67 bits per heavy atom. The zero-order valence-corrected chi connectivity index (χ0v) is 11.2. The molecule has 0 aliphatic carbocycles. The fourth-order valence-electron chi connectivity index (χ4n) is 1.94. The molecular formula is C13H11F3N2O3. The van der Waals surface area contributed by atoms with Crippen LogP contribution in [-0.4, -0.2) is 22.5 Å². The number of carbonyl (C=O) groups excluding carboxylic acids is 1. The van der Waals surface area contributed by atoms with Gasteiger partial charge in [0, 0.05) is 6.20 Å². The minimum Gasteiger partial charge on any atom is -0.462 e. The molecule has 2 aromatic heterocycles. The summed E-state index contributed by atoms with van der Waals surface area (Å²) in [7, 11) is 0. The molecule has 0 amide bonds. The number of hydrogen-bond acceptors (Lipinski definition) is 4. The van der Waals surface area contributed by atoms with Gasteiger partial charge in [0.2, 0.25) is 0 Å². The maximum absolute atomic E-state index is 12.6. The van der Waals surface area contributed by atoms with Crippen LogP contribution in [0.5, 0.6) is 0 Å². The zero-order valence-electron chi connectivity index (χ0n) is 11.2. The van der Waals surface area contributed by atoms with Crippen LogP contribution in [0.4, 0.5) is 13.2 Å². The Labute approximate surface area is 116 Å². The number of fused-ring (bicyclic) bond motifs is 1. The van der Waals surface area contributed by atoms with E-state index in [0.717, 1.165) is 6.07 Å². The number of nitrogens with one attached hydrogen (secondary N) is 1. The van der Waals surface area contributed by atoms with Crippen molar-refractivity contribution >= 4 is 17.0 Å². The summed E-state index contributed by atoms with van der Waals surface area (Å²) in [5.41, 5.74) is -1.82. The summed E-state index contributed by atoms with van der Waals surface area (Å²) in [5.74, 6) is -0.833. The van der Waals surface area contributed by atoms with Crippen molar-refractivity contribution < 1.29 is 22.7 Å². The van der Waals surface area contributed by atoms with E-state index in [0.29, 0.717) is 6.20 Å². The molecule has 112 valence electrons. The summed E-state index contributed by atoms with van der Waals surface area (Å²) in [4.78, 5) is 29.5. The monoisotopic (exact) mass is 300 g/mol. The molecule has 0 atom stereocenters. The van der Waals surface area contributed by atoms with Gasteiger partial charge in [-0.15, -0.1) is 0 Å². The van der Waals surface area contributed by atoms with Gasteiger partial charge >= 0.3 is 12.1 Å². The van der Waals surface area contributed by atoms with E-state index in [1.165, 1.54) is 6.92 Å². The third kappa shape index (κ3) is 2.74. The van der Waals surface area contributed by atoms with Gasteiger partial charge in [-0.05, 0) is 25.5 Å². The van der Waals surface area contributed by atoms with Crippen molar-refractivity contribution in [1.29, 1.82) is 0 Å². The number of nitrogens with zero attached hydrogens (tertiary/aromatic N) is 1. The number of rotatable bonds is 2. The van der Waals surface area contributed by atoms with Gasteiger partial charge < -0.3 is 9.72 Å². The Bertz CT molecular complexity index is 766. The molecule has 0 spiro atoms. The summed E-state index contributed by atoms with van der Waals surface area (Å²) >= 11 is 0. The van der Waals surface area contributed by atoms with Crippen molar-refractivity contribution in [1.82, 2.24) is 9.97 Å². The highest BCUT2D eigenvalue weighted by Crippen LogP contribution is 2.30. The normalized spacial score (nSPS) is 11.7. The number of ether oxygens (including phenoxy) is 1. The number of esters is 1. The molecule has 0 saturated carbocycles. The predicted octanol–water partition coefficient (Wildman–Crippen LogP) is 2.43. The Balaban J connectivity index is 2.69. The third-order valence-corrected chi connectivity index (χ3v) is 2.90. The maximum Gasteiger partial charge on any atom is 0.417 e. The molecule has 0 bridgehead atoms. The Kier molecular flexibility index (Phi) is 3.71. The first-order chi connectivity index (χ1) is 9.75. The fourth-order valence-corrected chi connectivity index (χ4v) is 1.94. The lowest BCUT2D eigenvalue weighted by molar-refractivity contribution is -0.137. The highest BCUT2D eigenvalue weighted by atomic mass is 19.4. The van der Waals surface area contributed by atoms with Gasteiger partial charge in [-0.3, -0.25) is 9.78 Å². The second-order valence-corrected chi connectivity index (χ2v) is 4.29. The number of aromatic nitrogens is 2. The summed E-state index contributed by atoms with van der Waals surface area (Å²) in [5, 5.41) is 0. The second-order valence-electron chi connectivity index (χ2n) is 4.29. The van der Waals surface area contributed by atoms with Crippen LogP contribution in [0.25, 0.3) is 11.0 Å². The molecular weight excluding hydrogens is 289 g/mol. The SMILES string of the molecule is CCOC(=O)c1c(C)c2ncc(C(F)(F)F)cc2[nH]c1=O. The fraction of sp³-hybridized carbons (Fsp3) is 0.308. The van der Waals surface area contributed by atoms with Crippen LogP contribution in [0.2, 0.25) is 0 Å². The lowest BCUT2D eigenvalue weighted by Gasteiger charge is -2.10. The van der Waals surface area contributed by atoms with Crippen LogP contribution >= 0.6 is 0 Å². The van der Waals surface area contributed by atoms with E-state index in [9.17, 15) is 22.8 Å². The first kappa shape index (κ1) is 15.0. The van der Waals surface area contributed by atoms with Crippen LogP contribution in [0, 0.1) is 6.92 Å². The van der Waals surface area contributed by atoms with Crippen LogP contribution in [-0.2, 0) is 10.9 Å². The topological polar surface area (TPSA) is 72.0 Å². The average molecular weight is 300 g/mol. The first-order valence-corrected chi connectivity index (χ1v) is 6.02. The highest BCUT2D eigenvalue weighted by molar-refractivity contribution is 5.95. The maximum atomic E-state index is 12.6. The van der Waals surface area contributed by atoms with Gasteiger partial charge in [-0.25, -0.2) is 4.79 Å². The second kappa shape index (κ2) is 5.19. The zero-order chi connectivity index (χ0) is 15.8. The van der Waals surface area contributed by atoms with Gasteiger partial charge in [-0.2, -0.15) is 13.2 Å². The summed E-state index contributed by atoms with van der Waals surface area (Å²) in [6.07, 6.45) is -3.91. The molecule has 0 unspecified atom stereocenters. The standard InChI is InChI=1S/C13H11F3N2O3/c1-3-21-12(20)9-6(2)10-8(18-11(9)19)4-7(5-17-10)13(14,15)16/h4-5H,3H2,1-2H3,(H,18,19). The number of H-pyrrole nitrogens is 1. The van der Waals surface area contributed by atoms with E-state index in [2.05, 4.69) is 9.97 Å². The lowest BCUT2D eigenvalue weighted by Crippen LogP contribution is -2.22. The van der Waals surface area contributed by atoms with Crippen molar-refractivity contribution in [3.8, 4) is 0 Å². The van der Waals surface area contributed by atoms with Crippen molar-refractivity contribution in [2.45, 2.75) is 20.0 Å². The molecule has 0 saturated heterocycles. The molecule has 0 fully saturated rings. The van der Waals surface area contributed by atoms with Crippen LogP contribution in [0.3, 0.4) is 0 Å². The van der Waals surface area contributed by atoms with E-state index in [1.54, 1.807) is 6.92 Å². The molecule has 8 heteroatoms. The number of carbonyl (C=O) groups is 1. The number of pyridine rings is 2. The van der Waals surface area contributed by atoms with Gasteiger partial charge in [0.05, 0.1) is 23.2 Å². The van der Waals surface area contributed by atoms with E-state index in [1.807, 2.05) is 0 Å². The minimum atomic E-state index is -4.56. The Morgan fingerprint density at radius 1 is 1.43 bits per heavy atom. The van der Waals surface area contributed by atoms with Crippen molar-refractivity contribution in [2.75, 3.05) is 6.61 Å². The van der Waals surface area contributed by atoms with Crippen LogP contribution in [0.15, 0.2) is 17.1 Å². The van der Waals surface area contributed by atoms with Crippen molar-refractivity contribution in [2.24, 2.45) is 0 Å².